The summed E-state index contributed by atoms with van der Waals surface area (Å²) in [7, 11) is 0. The van der Waals surface area contributed by atoms with E-state index in [-0.39, 0.29) is 11.7 Å². The van der Waals surface area contributed by atoms with Gasteiger partial charge in [-0.1, -0.05) is 30.3 Å². The molecule has 0 unspecified atom stereocenters. The van der Waals surface area contributed by atoms with Crippen molar-refractivity contribution in [3.8, 4) is 5.75 Å². The maximum Gasteiger partial charge on any atom is 0.251 e. The number of aromatic amines is 1. The molecule has 146 valence electrons. The minimum atomic E-state index is -0.282. The lowest BCUT2D eigenvalue weighted by atomic mass is 10.2. The zero-order valence-corrected chi connectivity index (χ0v) is 15.7. The van der Waals surface area contributed by atoms with Crippen LogP contribution in [0.15, 0.2) is 72.8 Å². The van der Waals surface area contributed by atoms with Gasteiger partial charge in [-0.15, -0.1) is 0 Å². The highest BCUT2D eigenvalue weighted by molar-refractivity contribution is 5.94. The Bertz CT molecular complexity index is 1090. The van der Waals surface area contributed by atoms with Gasteiger partial charge in [-0.25, -0.2) is 9.37 Å². The van der Waals surface area contributed by atoms with E-state index in [0.29, 0.717) is 30.9 Å². The number of amides is 1. The van der Waals surface area contributed by atoms with Crippen LogP contribution in [0.25, 0.3) is 11.0 Å². The van der Waals surface area contributed by atoms with Crippen LogP contribution in [-0.4, -0.2) is 22.4 Å². The second-order valence-corrected chi connectivity index (χ2v) is 6.65. The Labute approximate surface area is 167 Å². The van der Waals surface area contributed by atoms with Crippen molar-refractivity contribution in [2.75, 3.05) is 6.54 Å². The van der Waals surface area contributed by atoms with Crippen molar-refractivity contribution in [1.29, 1.82) is 0 Å². The average molecular weight is 389 g/mol. The van der Waals surface area contributed by atoms with E-state index in [4.69, 9.17) is 4.74 Å². The number of benzene rings is 3. The fourth-order valence-corrected chi connectivity index (χ4v) is 2.99. The first-order valence-electron chi connectivity index (χ1n) is 9.36. The van der Waals surface area contributed by atoms with E-state index in [1.165, 1.54) is 12.1 Å². The molecule has 0 saturated heterocycles. The maximum atomic E-state index is 13.0. The normalized spacial score (nSPS) is 10.8. The molecule has 0 saturated carbocycles. The van der Waals surface area contributed by atoms with Crippen LogP contribution in [0.3, 0.4) is 0 Å². The number of imidazole rings is 1. The smallest absolute Gasteiger partial charge is 0.251 e. The van der Waals surface area contributed by atoms with Gasteiger partial charge in [-0.3, -0.25) is 4.79 Å². The van der Waals surface area contributed by atoms with Gasteiger partial charge in [0, 0.05) is 18.5 Å². The number of para-hydroxylation sites is 2. The van der Waals surface area contributed by atoms with Crippen molar-refractivity contribution in [2.24, 2.45) is 0 Å². The molecule has 0 bridgehead atoms. The number of halogens is 1. The molecule has 0 aliphatic rings. The number of carbonyl (C=O) groups is 1. The van der Waals surface area contributed by atoms with E-state index in [2.05, 4.69) is 15.3 Å². The summed E-state index contributed by atoms with van der Waals surface area (Å²) in [5, 5.41) is 2.90. The average Bonchev–Trinajstić information content (AvgIpc) is 3.16. The summed E-state index contributed by atoms with van der Waals surface area (Å²) in [6, 6.07) is 20.9. The van der Waals surface area contributed by atoms with Crippen molar-refractivity contribution in [3.05, 3.63) is 95.6 Å². The second kappa shape index (κ2) is 8.56. The van der Waals surface area contributed by atoms with Crippen molar-refractivity contribution < 1.29 is 13.9 Å². The van der Waals surface area contributed by atoms with Gasteiger partial charge < -0.3 is 15.0 Å². The van der Waals surface area contributed by atoms with Crippen LogP contribution in [0.5, 0.6) is 5.75 Å². The first kappa shape index (κ1) is 18.7. The Hall–Kier alpha value is -3.67. The molecule has 1 heterocycles. The van der Waals surface area contributed by atoms with Gasteiger partial charge in [0.2, 0.25) is 0 Å². The summed E-state index contributed by atoms with van der Waals surface area (Å²) in [5.41, 5.74) is 3.28. The Kier molecular flexibility index (Phi) is 5.52. The fourth-order valence-electron chi connectivity index (χ4n) is 2.99. The number of hydrogen-bond acceptors (Lipinski definition) is 3. The van der Waals surface area contributed by atoms with Crippen molar-refractivity contribution >= 4 is 16.9 Å². The van der Waals surface area contributed by atoms with Crippen molar-refractivity contribution in [2.45, 2.75) is 13.0 Å². The molecule has 3 aromatic carbocycles. The Morgan fingerprint density at radius 2 is 1.86 bits per heavy atom. The van der Waals surface area contributed by atoms with Gasteiger partial charge in [0.1, 0.15) is 24.0 Å². The molecular formula is C23H20FN3O2. The fraction of sp³-hybridized carbons (Fsp3) is 0.130. The van der Waals surface area contributed by atoms with Crippen LogP contribution >= 0.6 is 0 Å². The zero-order chi connectivity index (χ0) is 20.1. The number of H-pyrrole nitrogens is 1. The largest absolute Gasteiger partial charge is 0.489 e. The molecule has 4 aromatic rings. The monoisotopic (exact) mass is 389 g/mol. The molecule has 0 aliphatic heterocycles. The van der Waals surface area contributed by atoms with Gasteiger partial charge in [0.25, 0.3) is 5.91 Å². The molecule has 1 aromatic heterocycles. The summed E-state index contributed by atoms with van der Waals surface area (Å²) < 4.78 is 18.7. The summed E-state index contributed by atoms with van der Waals surface area (Å²) in [6.07, 6.45) is 0.612. The van der Waals surface area contributed by atoms with Gasteiger partial charge in [0.15, 0.2) is 0 Å². The number of hydrogen-bond donors (Lipinski definition) is 2. The maximum absolute atomic E-state index is 13.0. The minimum Gasteiger partial charge on any atom is -0.489 e. The molecule has 6 heteroatoms. The van der Waals surface area contributed by atoms with E-state index in [9.17, 15) is 9.18 Å². The van der Waals surface area contributed by atoms with E-state index in [1.807, 2.05) is 24.3 Å². The zero-order valence-electron chi connectivity index (χ0n) is 15.7. The van der Waals surface area contributed by atoms with E-state index < -0.39 is 0 Å². The number of fused-ring (bicyclic) bond motifs is 1. The predicted molar refractivity (Wildman–Crippen MR) is 109 cm³/mol. The highest BCUT2D eigenvalue weighted by atomic mass is 19.1. The van der Waals surface area contributed by atoms with Crippen molar-refractivity contribution in [3.63, 3.8) is 0 Å². The number of ether oxygens (including phenoxy) is 1. The second-order valence-electron chi connectivity index (χ2n) is 6.65. The minimum absolute atomic E-state index is 0.173. The van der Waals surface area contributed by atoms with E-state index >= 15 is 0 Å². The third kappa shape index (κ3) is 4.79. The molecule has 0 aliphatic carbocycles. The number of rotatable bonds is 7. The SMILES string of the molecule is O=C(NCCc1nc2ccccc2[nH]1)c1cccc(OCc2ccc(F)cc2)c1. The summed E-state index contributed by atoms with van der Waals surface area (Å²) >= 11 is 0. The summed E-state index contributed by atoms with van der Waals surface area (Å²) in [5.74, 6) is 0.963. The molecule has 5 nitrogen and oxygen atoms in total. The lowest BCUT2D eigenvalue weighted by molar-refractivity contribution is 0.0953. The van der Waals surface area contributed by atoms with Gasteiger partial charge in [0.05, 0.1) is 11.0 Å². The number of aromatic nitrogens is 2. The highest BCUT2D eigenvalue weighted by Gasteiger charge is 2.08. The Morgan fingerprint density at radius 3 is 2.69 bits per heavy atom. The Morgan fingerprint density at radius 1 is 1.03 bits per heavy atom. The standard InChI is InChI=1S/C23H20FN3O2/c24-18-10-8-16(9-11-18)15-29-19-5-3-4-17(14-19)23(28)25-13-12-22-26-20-6-1-2-7-21(20)27-22/h1-11,14H,12-13,15H2,(H,25,28)(H,26,27). The topological polar surface area (TPSA) is 67.0 Å². The number of nitrogens with zero attached hydrogens (tertiary/aromatic N) is 1. The van der Waals surface area contributed by atoms with Crippen LogP contribution in [0.4, 0.5) is 4.39 Å². The van der Waals surface area contributed by atoms with Gasteiger partial charge in [-0.05, 0) is 48.0 Å². The van der Waals surface area contributed by atoms with Gasteiger partial charge >= 0.3 is 0 Å². The lowest BCUT2D eigenvalue weighted by Gasteiger charge is -2.09. The Balaban J connectivity index is 1.31. The third-order valence-corrected chi connectivity index (χ3v) is 4.50. The third-order valence-electron chi connectivity index (χ3n) is 4.50. The summed E-state index contributed by atoms with van der Waals surface area (Å²) in [4.78, 5) is 20.2. The molecule has 4 rings (SSSR count). The number of nitrogens with one attached hydrogen (secondary N) is 2. The molecule has 0 spiro atoms. The first-order chi connectivity index (χ1) is 14.2. The van der Waals surface area contributed by atoms with Crippen LogP contribution in [-0.2, 0) is 13.0 Å². The molecule has 1 amide bonds. The molecule has 29 heavy (non-hydrogen) atoms. The quantitative estimate of drug-likeness (QED) is 0.496. The van der Waals surface area contributed by atoms with Crippen LogP contribution in [0, 0.1) is 5.82 Å². The molecule has 2 N–H and O–H groups in total. The molecule has 0 fully saturated rings. The highest BCUT2D eigenvalue weighted by Crippen LogP contribution is 2.16. The molecule has 0 atom stereocenters. The predicted octanol–water partition coefficient (Wildman–Crippen LogP) is 4.25. The first-order valence-corrected chi connectivity index (χ1v) is 9.36. The van der Waals surface area contributed by atoms with Crippen molar-refractivity contribution in [1.82, 2.24) is 15.3 Å². The van der Waals surface area contributed by atoms with Crippen LogP contribution < -0.4 is 10.1 Å². The van der Waals surface area contributed by atoms with E-state index in [0.717, 1.165) is 22.4 Å². The van der Waals surface area contributed by atoms with Crippen LogP contribution in [0.1, 0.15) is 21.7 Å². The van der Waals surface area contributed by atoms with E-state index in [1.54, 1.807) is 36.4 Å². The summed E-state index contributed by atoms with van der Waals surface area (Å²) in [6.45, 7) is 0.775. The molecule has 0 radical (unpaired) electrons. The van der Waals surface area contributed by atoms with Gasteiger partial charge in [-0.2, -0.15) is 0 Å². The molecular weight excluding hydrogens is 369 g/mol. The van der Waals surface area contributed by atoms with Crippen LogP contribution in [0.2, 0.25) is 0 Å². The lowest BCUT2D eigenvalue weighted by Crippen LogP contribution is -2.25. The number of carbonyl (C=O) groups excluding carboxylic acids is 1.